The van der Waals surface area contributed by atoms with E-state index in [2.05, 4.69) is 0 Å². The molecule has 0 spiro atoms. The van der Waals surface area contributed by atoms with Crippen LogP contribution >= 0.6 is 0 Å². The molecule has 0 saturated heterocycles. The first kappa shape index (κ1) is 13.0. The van der Waals surface area contributed by atoms with Crippen molar-refractivity contribution >= 4 is 12.0 Å². The number of rotatable bonds is 4. The van der Waals surface area contributed by atoms with Gasteiger partial charge < -0.3 is 9.47 Å². The van der Waals surface area contributed by atoms with Crippen LogP contribution in [0.1, 0.15) is 19.4 Å². The van der Waals surface area contributed by atoms with Gasteiger partial charge in [-0.2, -0.15) is 0 Å². The summed E-state index contributed by atoms with van der Waals surface area (Å²) in [6, 6.07) is 7.40. The third-order valence-corrected chi connectivity index (χ3v) is 1.94. The summed E-state index contributed by atoms with van der Waals surface area (Å²) in [5.41, 5.74) is 1.86. The predicted molar refractivity (Wildman–Crippen MR) is 67.6 cm³/mol. The van der Waals surface area contributed by atoms with Gasteiger partial charge in [0.2, 0.25) is 0 Å². The Bertz CT molecular complexity index is 423. The lowest BCUT2D eigenvalue weighted by Crippen LogP contribution is -1.93. The second-order valence-electron chi connectivity index (χ2n) is 3.74. The highest BCUT2D eigenvalue weighted by Crippen LogP contribution is 2.12. The number of hydrogen-bond donors (Lipinski definition) is 0. The molecule has 0 fully saturated rings. The Labute approximate surface area is 101 Å². The van der Waals surface area contributed by atoms with E-state index in [0.29, 0.717) is 0 Å². The zero-order valence-electron chi connectivity index (χ0n) is 10.3. The van der Waals surface area contributed by atoms with E-state index in [-0.39, 0.29) is 5.97 Å². The van der Waals surface area contributed by atoms with Gasteiger partial charge in [-0.25, -0.2) is 4.79 Å². The molecule has 0 N–H and O–H groups in total. The minimum Gasteiger partial charge on any atom is -0.497 e. The van der Waals surface area contributed by atoms with E-state index < -0.39 is 0 Å². The molecule has 0 heterocycles. The molecule has 17 heavy (non-hydrogen) atoms. The van der Waals surface area contributed by atoms with Crippen LogP contribution in [0.3, 0.4) is 0 Å². The molecule has 0 radical (unpaired) electrons. The summed E-state index contributed by atoms with van der Waals surface area (Å²) in [6.07, 6.45) is 4.52. The molecule has 1 aromatic carbocycles. The number of methoxy groups -OCH3 is 1. The fourth-order valence-electron chi connectivity index (χ4n) is 1.09. The van der Waals surface area contributed by atoms with Crippen molar-refractivity contribution in [1.82, 2.24) is 0 Å². The Kier molecular flexibility index (Phi) is 5.01. The number of benzene rings is 1. The Morgan fingerprint density at radius 3 is 2.35 bits per heavy atom. The maximum absolute atomic E-state index is 11.3. The van der Waals surface area contributed by atoms with Crippen LogP contribution in [-0.2, 0) is 9.53 Å². The van der Waals surface area contributed by atoms with E-state index in [4.69, 9.17) is 9.47 Å². The van der Waals surface area contributed by atoms with Crippen molar-refractivity contribution in [2.45, 2.75) is 13.8 Å². The highest BCUT2D eigenvalue weighted by molar-refractivity contribution is 5.87. The maximum atomic E-state index is 11.3. The first-order chi connectivity index (χ1) is 8.11. The number of esters is 1. The lowest BCUT2D eigenvalue weighted by molar-refractivity contribution is -0.132. The molecule has 1 rings (SSSR count). The van der Waals surface area contributed by atoms with Gasteiger partial charge >= 0.3 is 5.97 Å². The second kappa shape index (κ2) is 6.53. The number of carbonyl (C=O) groups excluding carboxylic acids is 1. The van der Waals surface area contributed by atoms with E-state index in [9.17, 15) is 4.79 Å². The van der Waals surface area contributed by atoms with Crippen LogP contribution in [0, 0.1) is 0 Å². The fourth-order valence-corrected chi connectivity index (χ4v) is 1.09. The average Bonchev–Trinajstić information content (AvgIpc) is 2.34. The number of carbonyl (C=O) groups is 1. The third-order valence-electron chi connectivity index (χ3n) is 1.94. The van der Waals surface area contributed by atoms with Crippen LogP contribution in [0.4, 0.5) is 0 Å². The molecule has 0 aliphatic rings. The minimum atomic E-state index is -0.387. The zero-order chi connectivity index (χ0) is 12.7. The molecule has 0 aromatic heterocycles. The van der Waals surface area contributed by atoms with Crippen LogP contribution in [-0.4, -0.2) is 13.1 Å². The van der Waals surface area contributed by atoms with Gasteiger partial charge in [0.15, 0.2) is 0 Å². The molecule has 3 heteroatoms. The molecular formula is C14H16O3. The van der Waals surface area contributed by atoms with E-state index in [1.54, 1.807) is 13.2 Å². The van der Waals surface area contributed by atoms with Crippen LogP contribution in [0.25, 0.3) is 6.08 Å². The molecular weight excluding hydrogens is 216 g/mol. The highest BCUT2D eigenvalue weighted by Gasteiger charge is 1.94. The predicted octanol–water partition coefficient (Wildman–Crippen LogP) is 3.18. The standard InChI is InChI=1S/C14H16O3/c1-11(2)10-17-14(15)9-6-12-4-7-13(16-3)8-5-12/h4-10H,1-3H3/b9-6+. The van der Waals surface area contributed by atoms with E-state index in [1.807, 2.05) is 38.1 Å². The van der Waals surface area contributed by atoms with Crippen molar-refractivity contribution in [3.05, 3.63) is 47.7 Å². The number of allylic oxidation sites excluding steroid dienone is 1. The number of hydrogen-bond acceptors (Lipinski definition) is 3. The SMILES string of the molecule is COc1ccc(/C=C/C(=O)OC=C(C)C)cc1. The summed E-state index contributed by atoms with van der Waals surface area (Å²) in [5, 5.41) is 0. The lowest BCUT2D eigenvalue weighted by Gasteiger charge is -1.99. The Balaban J connectivity index is 2.57. The van der Waals surface area contributed by atoms with Crippen LogP contribution in [0.2, 0.25) is 0 Å². The summed E-state index contributed by atoms with van der Waals surface area (Å²) >= 11 is 0. The first-order valence-electron chi connectivity index (χ1n) is 5.28. The normalized spacial score (nSPS) is 10.1. The Hall–Kier alpha value is -2.03. The summed E-state index contributed by atoms with van der Waals surface area (Å²) in [7, 11) is 1.61. The highest BCUT2D eigenvalue weighted by atomic mass is 16.5. The van der Waals surface area contributed by atoms with Gasteiger partial charge in [-0.3, -0.25) is 0 Å². The maximum Gasteiger partial charge on any atom is 0.335 e. The first-order valence-corrected chi connectivity index (χ1v) is 5.28. The Morgan fingerprint density at radius 2 is 1.82 bits per heavy atom. The smallest absolute Gasteiger partial charge is 0.335 e. The van der Waals surface area contributed by atoms with Crippen molar-refractivity contribution in [3.63, 3.8) is 0 Å². The zero-order valence-corrected chi connectivity index (χ0v) is 10.3. The quantitative estimate of drug-likeness (QED) is 0.454. The van der Waals surface area contributed by atoms with Crippen molar-refractivity contribution in [1.29, 1.82) is 0 Å². The third kappa shape index (κ3) is 5.02. The van der Waals surface area contributed by atoms with E-state index >= 15 is 0 Å². The van der Waals surface area contributed by atoms with Gasteiger partial charge in [-0.15, -0.1) is 0 Å². The summed E-state index contributed by atoms with van der Waals surface area (Å²) in [6.45, 7) is 3.72. The van der Waals surface area contributed by atoms with E-state index in [0.717, 1.165) is 16.9 Å². The minimum absolute atomic E-state index is 0.387. The van der Waals surface area contributed by atoms with Gasteiger partial charge in [-0.1, -0.05) is 12.1 Å². The summed E-state index contributed by atoms with van der Waals surface area (Å²) in [4.78, 5) is 11.3. The lowest BCUT2D eigenvalue weighted by atomic mass is 10.2. The van der Waals surface area contributed by atoms with Gasteiger partial charge in [0.1, 0.15) is 5.75 Å². The molecule has 0 amide bonds. The van der Waals surface area contributed by atoms with Crippen LogP contribution in [0.5, 0.6) is 5.75 Å². The number of ether oxygens (including phenoxy) is 2. The topological polar surface area (TPSA) is 35.5 Å². The largest absolute Gasteiger partial charge is 0.497 e. The fraction of sp³-hybridized carbons (Fsp3) is 0.214. The molecule has 0 aliphatic heterocycles. The molecule has 1 aromatic rings. The second-order valence-corrected chi connectivity index (χ2v) is 3.74. The summed E-state index contributed by atoms with van der Waals surface area (Å²) < 4.78 is 9.89. The molecule has 3 nitrogen and oxygen atoms in total. The molecule has 90 valence electrons. The summed E-state index contributed by atoms with van der Waals surface area (Å²) in [5.74, 6) is 0.399. The monoisotopic (exact) mass is 232 g/mol. The van der Waals surface area contributed by atoms with E-state index in [1.165, 1.54) is 12.3 Å². The Morgan fingerprint density at radius 1 is 1.18 bits per heavy atom. The van der Waals surface area contributed by atoms with Crippen molar-refractivity contribution in [3.8, 4) is 5.75 Å². The van der Waals surface area contributed by atoms with Gasteiger partial charge in [0.25, 0.3) is 0 Å². The van der Waals surface area contributed by atoms with Crippen LogP contribution < -0.4 is 4.74 Å². The van der Waals surface area contributed by atoms with Crippen LogP contribution in [0.15, 0.2) is 42.2 Å². The van der Waals surface area contributed by atoms with Gasteiger partial charge in [0, 0.05) is 6.08 Å². The molecule has 0 bridgehead atoms. The van der Waals surface area contributed by atoms with Crippen molar-refractivity contribution < 1.29 is 14.3 Å². The average molecular weight is 232 g/mol. The molecule has 0 unspecified atom stereocenters. The molecule has 0 aliphatic carbocycles. The van der Waals surface area contributed by atoms with Crippen molar-refractivity contribution in [2.24, 2.45) is 0 Å². The van der Waals surface area contributed by atoms with Gasteiger partial charge in [0.05, 0.1) is 13.4 Å². The molecule has 0 saturated carbocycles. The molecule has 0 atom stereocenters. The van der Waals surface area contributed by atoms with Crippen molar-refractivity contribution in [2.75, 3.05) is 7.11 Å². The van der Waals surface area contributed by atoms with Gasteiger partial charge in [-0.05, 0) is 43.2 Å².